The number of likely N-dealkylation sites (N-methyl/N-ethyl adjacent to an activating group) is 1. The van der Waals surface area contributed by atoms with Crippen LogP contribution in [0.3, 0.4) is 0 Å². The highest BCUT2D eigenvalue weighted by molar-refractivity contribution is 5.94. The maximum absolute atomic E-state index is 13.0. The number of hydrogen-bond acceptors (Lipinski definition) is 4. The van der Waals surface area contributed by atoms with Crippen molar-refractivity contribution in [2.45, 2.75) is 18.6 Å². The molecule has 1 saturated heterocycles. The van der Waals surface area contributed by atoms with Gasteiger partial charge in [-0.1, -0.05) is 12.1 Å². The molecule has 2 aromatic rings. The quantitative estimate of drug-likeness (QED) is 0.901. The number of likely N-dealkylation sites (tertiary alicyclic amines) is 1. The molecule has 25 heavy (non-hydrogen) atoms. The second-order valence-corrected chi connectivity index (χ2v) is 6.74. The van der Waals surface area contributed by atoms with E-state index in [1.807, 2.05) is 11.9 Å². The predicted octanol–water partition coefficient (Wildman–Crippen LogP) is 1.93. The third-order valence-electron chi connectivity index (χ3n) is 4.48. The van der Waals surface area contributed by atoms with E-state index in [-0.39, 0.29) is 11.7 Å². The molecule has 2 heterocycles. The Hall–Kier alpha value is -2.31. The SMILES string of the molecule is CN(Cc1ccc(F)cc1)CC1(O)CCN(C(=O)c2ccncc2)C1. The molecule has 3 rings (SSSR count). The van der Waals surface area contributed by atoms with Crippen molar-refractivity contribution in [3.8, 4) is 0 Å². The van der Waals surface area contributed by atoms with Gasteiger partial charge in [-0.25, -0.2) is 4.39 Å². The third kappa shape index (κ3) is 4.41. The number of β-amino-alcohol motifs (C(OH)–C–C–N with tert-alkyl or cyclic N) is 1. The molecular weight excluding hydrogens is 321 g/mol. The number of nitrogens with zero attached hydrogens (tertiary/aromatic N) is 3. The molecule has 0 bridgehead atoms. The summed E-state index contributed by atoms with van der Waals surface area (Å²) >= 11 is 0. The number of carbonyl (C=O) groups is 1. The molecule has 0 saturated carbocycles. The minimum atomic E-state index is -0.933. The summed E-state index contributed by atoms with van der Waals surface area (Å²) in [6.07, 6.45) is 3.72. The van der Waals surface area contributed by atoms with Crippen LogP contribution in [0.15, 0.2) is 48.8 Å². The molecule has 1 aromatic heterocycles. The summed E-state index contributed by atoms with van der Waals surface area (Å²) in [5.74, 6) is -0.342. The lowest BCUT2D eigenvalue weighted by Gasteiger charge is -2.29. The zero-order valence-corrected chi connectivity index (χ0v) is 14.2. The Morgan fingerprint density at radius 1 is 1.28 bits per heavy atom. The number of aliphatic hydroxyl groups is 1. The predicted molar refractivity (Wildman–Crippen MR) is 92.4 cm³/mol. The number of hydrogen-bond donors (Lipinski definition) is 1. The second-order valence-electron chi connectivity index (χ2n) is 6.74. The van der Waals surface area contributed by atoms with Crippen LogP contribution in [0.5, 0.6) is 0 Å². The molecular formula is C19H22FN3O2. The molecule has 0 spiro atoms. The summed E-state index contributed by atoms with van der Waals surface area (Å²) in [4.78, 5) is 20.1. The first kappa shape index (κ1) is 17.5. The number of carbonyl (C=O) groups excluding carboxylic acids is 1. The maximum Gasteiger partial charge on any atom is 0.254 e. The molecule has 1 aliphatic heterocycles. The van der Waals surface area contributed by atoms with Gasteiger partial charge in [0.25, 0.3) is 5.91 Å². The molecule has 1 amide bonds. The summed E-state index contributed by atoms with van der Waals surface area (Å²) in [6, 6.07) is 9.71. The van der Waals surface area contributed by atoms with E-state index in [0.29, 0.717) is 38.2 Å². The van der Waals surface area contributed by atoms with Gasteiger partial charge in [-0.15, -0.1) is 0 Å². The van der Waals surface area contributed by atoms with Crippen molar-refractivity contribution in [2.24, 2.45) is 0 Å². The number of pyridine rings is 1. The third-order valence-corrected chi connectivity index (χ3v) is 4.48. The molecule has 0 aliphatic carbocycles. The van der Waals surface area contributed by atoms with Crippen LogP contribution in [0.2, 0.25) is 0 Å². The Balaban J connectivity index is 1.57. The lowest BCUT2D eigenvalue weighted by atomic mass is 10.0. The Morgan fingerprint density at radius 3 is 2.64 bits per heavy atom. The van der Waals surface area contributed by atoms with Gasteiger partial charge in [-0.2, -0.15) is 0 Å². The van der Waals surface area contributed by atoms with Crippen molar-refractivity contribution in [1.29, 1.82) is 0 Å². The van der Waals surface area contributed by atoms with Crippen LogP contribution in [0.25, 0.3) is 0 Å². The number of benzene rings is 1. The molecule has 1 atom stereocenters. The van der Waals surface area contributed by atoms with Crippen LogP contribution < -0.4 is 0 Å². The highest BCUT2D eigenvalue weighted by atomic mass is 19.1. The van der Waals surface area contributed by atoms with E-state index in [2.05, 4.69) is 4.98 Å². The van der Waals surface area contributed by atoms with Gasteiger partial charge in [0.15, 0.2) is 0 Å². The molecule has 6 heteroatoms. The fourth-order valence-electron chi connectivity index (χ4n) is 3.30. The monoisotopic (exact) mass is 343 g/mol. The number of rotatable bonds is 5. The van der Waals surface area contributed by atoms with Crippen molar-refractivity contribution < 1.29 is 14.3 Å². The second kappa shape index (κ2) is 7.29. The first-order chi connectivity index (χ1) is 12.0. The topological polar surface area (TPSA) is 56.7 Å². The number of amides is 1. The minimum absolute atomic E-state index is 0.0838. The van der Waals surface area contributed by atoms with Crippen LogP contribution in [-0.2, 0) is 6.54 Å². The van der Waals surface area contributed by atoms with Gasteiger partial charge in [0.2, 0.25) is 0 Å². The van der Waals surface area contributed by atoms with Gasteiger partial charge in [-0.05, 0) is 43.3 Å². The van der Waals surface area contributed by atoms with Gasteiger partial charge < -0.3 is 10.0 Å². The first-order valence-corrected chi connectivity index (χ1v) is 8.30. The van der Waals surface area contributed by atoms with E-state index in [0.717, 1.165) is 5.56 Å². The molecule has 1 N–H and O–H groups in total. The first-order valence-electron chi connectivity index (χ1n) is 8.30. The van der Waals surface area contributed by atoms with E-state index in [1.165, 1.54) is 12.1 Å². The Labute approximate surface area is 146 Å². The molecule has 1 aliphatic rings. The van der Waals surface area contributed by atoms with Crippen molar-refractivity contribution in [2.75, 3.05) is 26.7 Å². The fraction of sp³-hybridized carbons (Fsp3) is 0.368. The van der Waals surface area contributed by atoms with Crippen molar-refractivity contribution in [3.05, 3.63) is 65.7 Å². The smallest absolute Gasteiger partial charge is 0.254 e. The zero-order valence-electron chi connectivity index (χ0n) is 14.2. The molecule has 132 valence electrons. The van der Waals surface area contributed by atoms with Crippen molar-refractivity contribution in [3.63, 3.8) is 0 Å². The van der Waals surface area contributed by atoms with Crippen LogP contribution in [0, 0.1) is 5.82 Å². The average molecular weight is 343 g/mol. The van der Waals surface area contributed by atoms with E-state index in [1.54, 1.807) is 41.6 Å². The molecule has 1 fully saturated rings. The lowest BCUT2D eigenvalue weighted by Crippen LogP contribution is -2.44. The van der Waals surface area contributed by atoms with Crippen molar-refractivity contribution in [1.82, 2.24) is 14.8 Å². The van der Waals surface area contributed by atoms with Gasteiger partial charge >= 0.3 is 0 Å². The number of halogens is 1. The normalized spacial score (nSPS) is 20.2. The van der Waals surface area contributed by atoms with Gasteiger partial charge in [0.1, 0.15) is 5.82 Å². The van der Waals surface area contributed by atoms with Crippen molar-refractivity contribution >= 4 is 5.91 Å². The summed E-state index contributed by atoms with van der Waals surface area (Å²) < 4.78 is 13.0. The van der Waals surface area contributed by atoms with E-state index < -0.39 is 5.60 Å². The van der Waals surface area contributed by atoms with E-state index in [9.17, 15) is 14.3 Å². The van der Waals surface area contributed by atoms with E-state index >= 15 is 0 Å². The van der Waals surface area contributed by atoms with E-state index in [4.69, 9.17) is 0 Å². The van der Waals surface area contributed by atoms with Crippen LogP contribution in [0.4, 0.5) is 4.39 Å². The highest BCUT2D eigenvalue weighted by Crippen LogP contribution is 2.24. The Bertz CT molecular complexity index is 723. The molecule has 1 aromatic carbocycles. The molecule has 0 radical (unpaired) electrons. The average Bonchev–Trinajstić information content (AvgIpc) is 2.98. The summed E-state index contributed by atoms with van der Waals surface area (Å²) in [5.41, 5.74) is 0.631. The summed E-state index contributed by atoms with van der Waals surface area (Å²) in [5, 5.41) is 10.8. The fourth-order valence-corrected chi connectivity index (χ4v) is 3.30. The molecule has 5 nitrogen and oxygen atoms in total. The summed E-state index contributed by atoms with van der Waals surface area (Å²) in [6.45, 7) is 1.90. The molecule has 1 unspecified atom stereocenters. The van der Waals surface area contributed by atoms with Crippen LogP contribution in [0.1, 0.15) is 22.3 Å². The summed E-state index contributed by atoms with van der Waals surface area (Å²) in [7, 11) is 1.91. The number of aromatic nitrogens is 1. The largest absolute Gasteiger partial charge is 0.387 e. The standard InChI is InChI=1S/C19H22FN3O2/c1-22(12-15-2-4-17(20)5-3-15)13-19(25)8-11-23(14-19)18(24)16-6-9-21-10-7-16/h2-7,9-10,25H,8,11-14H2,1H3. The van der Waals surface area contributed by atoms with Gasteiger partial charge in [0, 0.05) is 37.6 Å². The minimum Gasteiger partial charge on any atom is -0.387 e. The maximum atomic E-state index is 13.0. The lowest BCUT2D eigenvalue weighted by molar-refractivity contribution is 0.0163. The zero-order chi connectivity index (χ0) is 17.9. The van der Waals surface area contributed by atoms with Crippen LogP contribution in [-0.4, -0.2) is 58.1 Å². The van der Waals surface area contributed by atoms with Gasteiger partial charge in [0.05, 0.1) is 12.1 Å². The Morgan fingerprint density at radius 2 is 1.96 bits per heavy atom. The highest BCUT2D eigenvalue weighted by Gasteiger charge is 2.39. The Kier molecular flexibility index (Phi) is 5.11. The van der Waals surface area contributed by atoms with Gasteiger partial charge in [-0.3, -0.25) is 14.7 Å². The van der Waals surface area contributed by atoms with Crippen LogP contribution >= 0.6 is 0 Å².